The second-order valence-corrected chi connectivity index (χ2v) is 5.60. The number of hydrogen-bond acceptors (Lipinski definition) is 3. The number of carbonyl (C=O) groups is 2. The highest BCUT2D eigenvalue weighted by molar-refractivity contribution is 6.01. The van der Waals surface area contributed by atoms with Crippen LogP contribution in [-0.2, 0) is 9.59 Å². The van der Waals surface area contributed by atoms with Crippen LogP contribution in [0.25, 0.3) is 0 Å². The van der Waals surface area contributed by atoms with Gasteiger partial charge in [-0.15, -0.1) is 0 Å². The van der Waals surface area contributed by atoms with E-state index in [1.807, 2.05) is 0 Å². The Morgan fingerprint density at radius 3 is 2.54 bits per heavy atom. The number of rotatable bonds is 4. The molecular weight excluding hydrogens is 311 g/mol. The number of carbonyl (C=O) groups excluding carboxylic acids is 2. The van der Waals surface area contributed by atoms with Crippen molar-refractivity contribution in [3.05, 3.63) is 66.0 Å². The van der Waals surface area contributed by atoms with Crippen LogP contribution in [0.2, 0.25) is 0 Å². The van der Waals surface area contributed by atoms with Crippen molar-refractivity contribution >= 4 is 17.5 Å². The summed E-state index contributed by atoms with van der Waals surface area (Å²) in [7, 11) is 0. The van der Waals surface area contributed by atoms with Crippen LogP contribution in [0.5, 0.6) is 0 Å². The van der Waals surface area contributed by atoms with Crippen LogP contribution in [0.1, 0.15) is 18.1 Å². The Labute approximate surface area is 138 Å². The normalized spacial score (nSPS) is 18.5. The van der Waals surface area contributed by atoms with Crippen LogP contribution >= 0.6 is 0 Å². The molecule has 24 heavy (non-hydrogen) atoms. The first-order chi connectivity index (χ1) is 11.6. The van der Waals surface area contributed by atoms with Gasteiger partial charge in [0.2, 0.25) is 5.91 Å². The number of anilines is 1. The third-order valence-corrected chi connectivity index (χ3v) is 4.03. The van der Waals surface area contributed by atoms with Crippen LogP contribution in [0.4, 0.5) is 10.1 Å². The van der Waals surface area contributed by atoms with Gasteiger partial charge in [0, 0.05) is 6.54 Å². The zero-order chi connectivity index (χ0) is 17.1. The fourth-order valence-electron chi connectivity index (χ4n) is 2.76. The molecule has 0 aromatic heterocycles. The number of amides is 2. The number of nitrogens with one attached hydrogen (secondary N) is 1. The first kappa shape index (κ1) is 16.1. The minimum absolute atomic E-state index is 0.197. The topological polar surface area (TPSA) is 69.6 Å². The molecule has 0 saturated carbocycles. The molecule has 1 fully saturated rings. The highest BCUT2D eigenvalue weighted by atomic mass is 19.1. The largest absolute Gasteiger partial charge is 0.378 e. The van der Waals surface area contributed by atoms with Crippen LogP contribution in [0.3, 0.4) is 0 Å². The first-order valence-corrected chi connectivity index (χ1v) is 7.67. The Morgan fingerprint density at radius 2 is 1.83 bits per heavy atom. The smallest absolute Gasteiger partial charge is 0.254 e. The molecule has 3 rings (SSSR count). The molecule has 1 heterocycles. The van der Waals surface area contributed by atoms with E-state index >= 15 is 0 Å². The van der Waals surface area contributed by atoms with Crippen molar-refractivity contribution in [3.8, 4) is 0 Å². The van der Waals surface area contributed by atoms with Crippen LogP contribution in [0, 0.1) is 5.82 Å². The van der Waals surface area contributed by atoms with Gasteiger partial charge in [-0.2, -0.15) is 0 Å². The quantitative estimate of drug-likeness (QED) is 0.899. The fourth-order valence-corrected chi connectivity index (χ4v) is 2.76. The monoisotopic (exact) mass is 328 g/mol. The molecule has 0 radical (unpaired) electrons. The maximum atomic E-state index is 13.8. The lowest BCUT2D eigenvalue weighted by atomic mass is 10.1. The van der Waals surface area contributed by atoms with Gasteiger partial charge in [0.05, 0.1) is 5.69 Å². The van der Waals surface area contributed by atoms with Gasteiger partial charge in [-0.25, -0.2) is 4.39 Å². The number of aliphatic hydroxyl groups is 1. The van der Waals surface area contributed by atoms with Crippen molar-refractivity contribution in [2.24, 2.45) is 0 Å². The molecule has 0 aliphatic carbocycles. The van der Waals surface area contributed by atoms with E-state index in [4.69, 9.17) is 0 Å². The Balaban J connectivity index is 1.68. The number of halogens is 1. The van der Waals surface area contributed by atoms with E-state index in [0.717, 1.165) is 0 Å². The number of nitrogens with zero attached hydrogens (tertiary/aromatic N) is 1. The molecular formula is C18H17FN2O3. The summed E-state index contributed by atoms with van der Waals surface area (Å²) >= 11 is 0. The van der Waals surface area contributed by atoms with Gasteiger partial charge in [-0.1, -0.05) is 42.5 Å². The highest BCUT2D eigenvalue weighted by Crippen LogP contribution is 2.24. The second-order valence-electron chi connectivity index (χ2n) is 5.60. The third-order valence-electron chi connectivity index (χ3n) is 4.03. The zero-order valence-corrected chi connectivity index (χ0v) is 12.9. The van der Waals surface area contributed by atoms with E-state index in [9.17, 15) is 19.1 Å². The molecule has 2 unspecified atom stereocenters. The van der Waals surface area contributed by atoms with E-state index in [2.05, 4.69) is 5.32 Å². The molecule has 1 aliphatic rings. The Hall–Kier alpha value is -2.73. The molecule has 2 N–H and O–H groups in total. The molecule has 2 atom stereocenters. The van der Waals surface area contributed by atoms with Gasteiger partial charge in [-0.05, 0) is 24.1 Å². The van der Waals surface area contributed by atoms with Crippen molar-refractivity contribution in [2.45, 2.75) is 18.6 Å². The average molecular weight is 328 g/mol. The maximum Gasteiger partial charge on any atom is 0.254 e. The Morgan fingerprint density at radius 1 is 1.17 bits per heavy atom. The van der Waals surface area contributed by atoms with Crippen molar-refractivity contribution < 1.29 is 19.1 Å². The van der Waals surface area contributed by atoms with Gasteiger partial charge in [0.1, 0.15) is 11.9 Å². The number of aliphatic hydroxyl groups excluding tert-OH is 1. The molecule has 5 nitrogen and oxygen atoms in total. The summed E-state index contributed by atoms with van der Waals surface area (Å²) in [5, 5.41) is 12.6. The van der Waals surface area contributed by atoms with Crippen LogP contribution in [-0.4, -0.2) is 29.5 Å². The number of para-hydroxylation sites is 1. The van der Waals surface area contributed by atoms with Crippen molar-refractivity contribution in [3.63, 3.8) is 0 Å². The summed E-state index contributed by atoms with van der Waals surface area (Å²) in [6.45, 7) is 0.312. The molecule has 2 aromatic rings. The Kier molecular flexibility index (Phi) is 4.57. The van der Waals surface area contributed by atoms with E-state index in [0.29, 0.717) is 18.5 Å². The molecule has 1 aliphatic heterocycles. The molecule has 2 aromatic carbocycles. The summed E-state index contributed by atoms with van der Waals surface area (Å²) in [4.78, 5) is 25.9. The van der Waals surface area contributed by atoms with Crippen molar-refractivity contribution in [1.29, 1.82) is 0 Å². The molecule has 0 spiro atoms. The number of hydrogen-bond donors (Lipinski definition) is 2. The third kappa shape index (κ3) is 3.14. The Bertz CT molecular complexity index is 751. The maximum absolute atomic E-state index is 13.8. The molecule has 2 amide bonds. The lowest BCUT2D eigenvalue weighted by molar-refractivity contribution is -0.132. The van der Waals surface area contributed by atoms with Crippen molar-refractivity contribution in [1.82, 2.24) is 5.32 Å². The SMILES string of the molecule is O=C(NC1CCN(c2ccccc2F)C1=O)C(O)c1ccccc1. The van der Waals surface area contributed by atoms with E-state index < -0.39 is 23.9 Å². The van der Waals surface area contributed by atoms with Gasteiger partial charge < -0.3 is 15.3 Å². The summed E-state index contributed by atoms with van der Waals surface area (Å²) in [5.41, 5.74) is 0.647. The van der Waals surface area contributed by atoms with E-state index in [-0.39, 0.29) is 11.6 Å². The van der Waals surface area contributed by atoms with E-state index in [1.165, 1.54) is 17.0 Å². The summed E-state index contributed by atoms with van der Waals surface area (Å²) < 4.78 is 13.8. The lowest BCUT2D eigenvalue weighted by Gasteiger charge is -2.18. The minimum Gasteiger partial charge on any atom is -0.378 e. The van der Waals surface area contributed by atoms with Crippen LogP contribution in [0.15, 0.2) is 54.6 Å². The van der Waals surface area contributed by atoms with Gasteiger partial charge in [0.15, 0.2) is 6.10 Å². The predicted octanol–water partition coefficient (Wildman–Crippen LogP) is 1.78. The van der Waals surface area contributed by atoms with Gasteiger partial charge in [0.25, 0.3) is 5.91 Å². The standard InChI is InChI=1S/C18H17FN2O3/c19-13-8-4-5-9-15(13)21-11-10-14(18(21)24)20-17(23)16(22)12-6-2-1-3-7-12/h1-9,14,16,22H,10-11H2,(H,20,23). The average Bonchev–Trinajstić information content (AvgIpc) is 2.96. The molecule has 0 bridgehead atoms. The lowest BCUT2D eigenvalue weighted by Crippen LogP contribution is -2.43. The number of benzene rings is 2. The van der Waals surface area contributed by atoms with Crippen molar-refractivity contribution in [2.75, 3.05) is 11.4 Å². The summed E-state index contributed by atoms with van der Waals surface area (Å²) in [6, 6.07) is 13.7. The molecule has 6 heteroatoms. The first-order valence-electron chi connectivity index (χ1n) is 7.67. The van der Waals surface area contributed by atoms with Gasteiger partial charge in [-0.3, -0.25) is 9.59 Å². The zero-order valence-electron chi connectivity index (χ0n) is 12.9. The fraction of sp³-hybridized carbons (Fsp3) is 0.222. The molecule has 1 saturated heterocycles. The van der Waals surface area contributed by atoms with Gasteiger partial charge >= 0.3 is 0 Å². The van der Waals surface area contributed by atoms with Crippen LogP contribution < -0.4 is 10.2 Å². The minimum atomic E-state index is -1.35. The summed E-state index contributed by atoms with van der Waals surface area (Å²) in [5.74, 6) is -1.51. The molecule has 124 valence electrons. The highest BCUT2D eigenvalue weighted by Gasteiger charge is 2.35. The summed E-state index contributed by atoms with van der Waals surface area (Å²) in [6.07, 6.45) is -0.984. The second kappa shape index (κ2) is 6.80. The predicted molar refractivity (Wildman–Crippen MR) is 86.7 cm³/mol. The van der Waals surface area contributed by atoms with E-state index in [1.54, 1.807) is 42.5 Å².